The van der Waals surface area contributed by atoms with E-state index in [9.17, 15) is 13.2 Å². The van der Waals surface area contributed by atoms with E-state index in [1.54, 1.807) is 30.6 Å². The summed E-state index contributed by atoms with van der Waals surface area (Å²) in [7, 11) is -3.54. The molecule has 152 valence electrons. The molecule has 0 spiro atoms. The molecule has 0 radical (unpaired) electrons. The number of hydrogen-bond acceptors (Lipinski definition) is 7. The maximum absolute atomic E-state index is 12.4. The molecular formula is C21H17N3O4S2. The Hall–Kier alpha value is -3.30. The normalized spacial score (nSPS) is 11.3. The Morgan fingerprint density at radius 2 is 1.80 bits per heavy atom. The van der Waals surface area contributed by atoms with Crippen molar-refractivity contribution in [1.29, 1.82) is 0 Å². The SMILES string of the molecule is O=C(NCc1nc(-c2ccncc2)cs1)c1ccc(CS(=O)(=O)c2ccccc2)o1. The fraction of sp³-hybridized carbons (Fsp3) is 0.0952. The fourth-order valence-electron chi connectivity index (χ4n) is 2.77. The Morgan fingerprint density at radius 3 is 2.57 bits per heavy atom. The number of carbonyl (C=O) groups is 1. The van der Waals surface area contributed by atoms with Gasteiger partial charge >= 0.3 is 0 Å². The first kappa shape index (κ1) is 20.0. The van der Waals surface area contributed by atoms with Gasteiger partial charge in [0, 0.05) is 23.3 Å². The van der Waals surface area contributed by atoms with Crippen molar-refractivity contribution in [3.63, 3.8) is 0 Å². The molecule has 3 aromatic heterocycles. The van der Waals surface area contributed by atoms with E-state index >= 15 is 0 Å². The van der Waals surface area contributed by atoms with Gasteiger partial charge < -0.3 is 9.73 Å². The highest BCUT2D eigenvalue weighted by atomic mass is 32.2. The number of benzene rings is 1. The maximum Gasteiger partial charge on any atom is 0.287 e. The summed E-state index contributed by atoms with van der Waals surface area (Å²) in [6, 6.07) is 14.8. The number of pyridine rings is 1. The van der Waals surface area contributed by atoms with Gasteiger partial charge in [-0.2, -0.15) is 0 Å². The molecule has 4 aromatic rings. The van der Waals surface area contributed by atoms with Gasteiger partial charge in [0.05, 0.1) is 17.1 Å². The summed E-state index contributed by atoms with van der Waals surface area (Å²) < 4.78 is 30.3. The van der Waals surface area contributed by atoms with E-state index < -0.39 is 15.7 Å². The highest BCUT2D eigenvalue weighted by molar-refractivity contribution is 7.90. The van der Waals surface area contributed by atoms with Crippen LogP contribution in [0, 0.1) is 0 Å². The minimum atomic E-state index is -3.54. The molecule has 0 fully saturated rings. The first-order valence-corrected chi connectivity index (χ1v) is 11.5. The molecule has 4 rings (SSSR count). The number of hydrogen-bond donors (Lipinski definition) is 1. The van der Waals surface area contributed by atoms with E-state index in [2.05, 4.69) is 15.3 Å². The van der Waals surface area contributed by atoms with Gasteiger partial charge in [0.1, 0.15) is 16.5 Å². The van der Waals surface area contributed by atoms with Crippen molar-refractivity contribution in [2.75, 3.05) is 0 Å². The molecule has 0 aliphatic heterocycles. The molecule has 1 N–H and O–H groups in total. The van der Waals surface area contributed by atoms with Gasteiger partial charge in [0.15, 0.2) is 15.6 Å². The number of sulfone groups is 1. The molecule has 0 unspecified atom stereocenters. The van der Waals surface area contributed by atoms with Gasteiger partial charge in [-0.25, -0.2) is 13.4 Å². The zero-order valence-corrected chi connectivity index (χ0v) is 17.3. The first-order chi connectivity index (χ1) is 14.5. The second-order valence-corrected chi connectivity index (χ2v) is 9.32. The van der Waals surface area contributed by atoms with Crippen molar-refractivity contribution in [1.82, 2.24) is 15.3 Å². The Morgan fingerprint density at radius 1 is 1.03 bits per heavy atom. The molecule has 1 aromatic carbocycles. The number of amides is 1. The largest absolute Gasteiger partial charge is 0.455 e. The summed E-state index contributed by atoms with van der Waals surface area (Å²) in [5, 5.41) is 5.40. The number of carbonyl (C=O) groups excluding carboxylic acids is 1. The average molecular weight is 440 g/mol. The predicted molar refractivity (Wildman–Crippen MR) is 113 cm³/mol. The minimum Gasteiger partial charge on any atom is -0.455 e. The van der Waals surface area contributed by atoms with Gasteiger partial charge in [0.25, 0.3) is 5.91 Å². The Bertz CT molecular complexity index is 1250. The molecule has 7 nitrogen and oxygen atoms in total. The van der Waals surface area contributed by atoms with Crippen molar-refractivity contribution >= 4 is 27.1 Å². The van der Waals surface area contributed by atoms with Crippen LogP contribution in [0.4, 0.5) is 0 Å². The molecule has 30 heavy (non-hydrogen) atoms. The van der Waals surface area contributed by atoms with E-state index in [1.165, 1.54) is 35.6 Å². The molecule has 0 atom stereocenters. The summed E-state index contributed by atoms with van der Waals surface area (Å²) in [4.78, 5) is 21.0. The van der Waals surface area contributed by atoms with Crippen LogP contribution in [0.1, 0.15) is 21.3 Å². The van der Waals surface area contributed by atoms with Crippen LogP contribution in [0.3, 0.4) is 0 Å². The van der Waals surface area contributed by atoms with Crippen molar-refractivity contribution in [2.24, 2.45) is 0 Å². The monoisotopic (exact) mass is 439 g/mol. The van der Waals surface area contributed by atoms with Crippen molar-refractivity contribution in [3.8, 4) is 11.3 Å². The Balaban J connectivity index is 1.37. The third-order valence-electron chi connectivity index (χ3n) is 4.25. The topological polar surface area (TPSA) is 102 Å². The van der Waals surface area contributed by atoms with Crippen molar-refractivity contribution < 1.29 is 17.6 Å². The van der Waals surface area contributed by atoms with Crippen LogP contribution in [0.15, 0.2) is 81.7 Å². The summed E-state index contributed by atoms with van der Waals surface area (Å²) in [6.07, 6.45) is 3.39. The summed E-state index contributed by atoms with van der Waals surface area (Å²) >= 11 is 1.44. The summed E-state index contributed by atoms with van der Waals surface area (Å²) in [5.74, 6) is -0.483. The predicted octanol–water partition coefficient (Wildman–Crippen LogP) is 3.70. The van der Waals surface area contributed by atoms with Crippen LogP contribution in [-0.2, 0) is 22.1 Å². The Kier molecular flexibility index (Phi) is 5.73. The van der Waals surface area contributed by atoms with Gasteiger partial charge in [-0.3, -0.25) is 9.78 Å². The third kappa shape index (κ3) is 4.64. The zero-order chi connectivity index (χ0) is 21.0. The molecule has 3 heterocycles. The van der Waals surface area contributed by atoms with Crippen molar-refractivity contribution in [2.45, 2.75) is 17.2 Å². The standard InChI is InChI=1S/C21H17N3O4S2/c25-21(23-12-20-24-18(13-29-20)15-8-10-22-11-9-15)19-7-6-16(28-19)14-30(26,27)17-4-2-1-3-5-17/h1-11,13H,12,14H2,(H,23,25). The molecule has 9 heteroatoms. The zero-order valence-electron chi connectivity index (χ0n) is 15.7. The van der Waals surface area contributed by atoms with Crippen LogP contribution in [-0.4, -0.2) is 24.3 Å². The lowest BCUT2D eigenvalue weighted by molar-refractivity contribution is 0.0921. The first-order valence-electron chi connectivity index (χ1n) is 9.01. The molecule has 0 bridgehead atoms. The maximum atomic E-state index is 12.4. The number of rotatable bonds is 7. The average Bonchev–Trinajstić information content (AvgIpc) is 3.43. The number of nitrogens with one attached hydrogen (secondary N) is 1. The molecule has 1 amide bonds. The number of furan rings is 1. The summed E-state index contributed by atoms with van der Waals surface area (Å²) in [5.41, 5.74) is 1.77. The Labute approximate surface area is 177 Å². The quantitative estimate of drug-likeness (QED) is 0.471. The van der Waals surface area contributed by atoms with Crippen LogP contribution < -0.4 is 5.32 Å². The highest BCUT2D eigenvalue weighted by Gasteiger charge is 2.19. The lowest BCUT2D eigenvalue weighted by atomic mass is 10.2. The fourth-order valence-corrected chi connectivity index (χ4v) is 4.78. The van der Waals surface area contributed by atoms with Crippen molar-refractivity contribution in [3.05, 3.63) is 88.9 Å². The lowest BCUT2D eigenvalue weighted by Gasteiger charge is -2.02. The minimum absolute atomic E-state index is 0.0548. The van der Waals surface area contributed by atoms with Gasteiger partial charge in [-0.1, -0.05) is 18.2 Å². The highest BCUT2D eigenvalue weighted by Crippen LogP contribution is 2.21. The summed E-state index contributed by atoms with van der Waals surface area (Å²) in [6.45, 7) is 0.243. The molecule has 0 aliphatic rings. The third-order valence-corrected chi connectivity index (χ3v) is 6.75. The number of aromatic nitrogens is 2. The van der Waals surface area contributed by atoms with E-state index in [1.807, 2.05) is 17.5 Å². The second-order valence-electron chi connectivity index (χ2n) is 6.38. The number of nitrogens with zero attached hydrogens (tertiary/aromatic N) is 2. The van der Waals surface area contributed by atoms with E-state index in [-0.39, 0.29) is 28.7 Å². The lowest BCUT2D eigenvalue weighted by Crippen LogP contribution is -2.22. The van der Waals surface area contributed by atoms with Crippen LogP contribution in [0.2, 0.25) is 0 Å². The number of thiazole rings is 1. The molecule has 0 aliphatic carbocycles. The van der Waals surface area contributed by atoms with Crippen LogP contribution in [0.25, 0.3) is 11.3 Å². The van der Waals surface area contributed by atoms with E-state index in [4.69, 9.17) is 4.42 Å². The van der Waals surface area contributed by atoms with Crippen LogP contribution >= 0.6 is 11.3 Å². The van der Waals surface area contributed by atoms with Gasteiger partial charge in [-0.15, -0.1) is 11.3 Å². The molecule has 0 saturated heterocycles. The second kappa shape index (κ2) is 8.60. The van der Waals surface area contributed by atoms with E-state index in [0.717, 1.165) is 16.3 Å². The van der Waals surface area contributed by atoms with Gasteiger partial charge in [-0.05, 0) is 36.4 Å². The van der Waals surface area contributed by atoms with E-state index in [0.29, 0.717) is 0 Å². The smallest absolute Gasteiger partial charge is 0.287 e. The molecular weight excluding hydrogens is 422 g/mol. The molecule has 0 saturated carbocycles. The van der Waals surface area contributed by atoms with Gasteiger partial charge in [0.2, 0.25) is 0 Å². The van der Waals surface area contributed by atoms with Crippen LogP contribution in [0.5, 0.6) is 0 Å².